The van der Waals surface area contributed by atoms with Gasteiger partial charge in [-0.3, -0.25) is 4.79 Å². The lowest BCUT2D eigenvalue weighted by Crippen LogP contribution is -2.41. The highest BCUT2D eigenvalue weighted by Crippen LogP contribution is 2.49. The average Bonchev–Trinajstić information content (AvgIpc) is 3.67. The number of hydrogen-bond acceptors (Lipinski definition) is 6. The van der Waals surface area contributed by atoms with Crippen molar-refractivity contribution in [3.8, 4) is 0 Å². The largest absolute Gasteiger partial charge is 0.384 e. The lowest BCUT2D eigenvalue weighted by atomic mass is 9.83. The standard InChI is InChI=1S/C28H30F3IN4O3/c1-14(17-7-6-8-20(23(17)29)28(30,31)26(3,4)38)33-24-19-12-22-21(11-18(19)15(2)34-35-24)27(5,13-39-32)25(37)36(22)16-9-10-16/h6-8,11-12,14,16,38H,9-10,13H2,1-5H3,(H,33,35)/t14-,27?/m1/s1. The molecule has 1 saturated carbocycles. The summed E-state index contributed by atoms with van der Waals surface area (Å²) < 4.78 is 50.6. The minimum absolute atomic E-state index is 0.00494. The quantitative estimate of drug-likeness (QED) is 0.280. The molecule has 1 aromatic heterocycles. The summed E-state index contributed by atoms with van der Waals surface area (Å²) in [6.07, 6.45) is 1.84. The Labute approximate surface area is 238 Å². The van der Waals surface area contributed by atoms with E-state index in [4.69, 9.17) is 3.07 Å². The summed E-state index contributed by atoms with van der Waals surface area (Å²) in [7, 11) is 0. The predicted octanol–water partition coefficient (Wildman–Crippen LogP) is 6.25. The number of nitrogens with one attached hydrogen (secondary N) is 1. The Balaban J connectivity index is 1.59. The minimum Gasteiger partial charge on any atom is -0.384 e. The van der Waals surface area contributed by atoms with Gasteiger partial charge in [0.1, 0.15) is 34.4 Å². The molecule has 5 rings (SSSR count). The van der Waals surface area contributed by atoms with Crippen molar-refractivity contribution in [1.29, 1.82) is 0 Å². The topological polar surface area (TPSA) is 87.6 Å². The Kier molecular flexibility index (Phi) is 6.86. The normalized spacial score (nSPS) is 20.5. The molecule has 39 heavy (non-hydrogen) atoms. The van der Waals surface area contributed by atoms with E-state index in [0.717, 1.165) is 49.4 Å². The lowest BCUT2D eigenvalue weighted by molar-refractivity contribution is -0.170. The van der Waals surface area contributed by atoms with Gasteiger partial charge in [0.25, 0.3) is 0 Å². The number of carbonyl (C=O) groups is 1. The van der Waals surface area contributed by atoms with Crippen molar-refractivity contribution in [1.82, 2.24) is 10.2 Å². The van der Waals surface area contributed by atoms with Gasteiger partial charge in [0, 0.05) is 28.1 Å². The van der Waals surface area contributed by atoms with E-state index in [1.807, 2.05) is 30.9 Å². The third-order valence-corrected chi connectivity index (χ3v) is 8.15. The maximum Gasteiger partial charge on any atom is 0.303 e. The van der Waals surface area contributed by atoms with Gasteiger partial charge < -0.3 is 18.4 Å². The van der Waals surface area contributed by atoms with E-state index in [0.29, 0.717) is 16.9 Å². The second-order valence-corrected chi connectivity index (χ2v) is 11.9. The van der Waals surface area contributed by atoms with Crippen LogP contribution >= 0.6 is 23.0 Å². The number of nitrogens with zero attached hydrogens (tertiary/aromatic N) is 3. The molecule has 2 atom stereocenters. The van der Waals surface area contributed by atoms with Crippen LogP contribution in [-0.4, -0.2) is 39.5 Å². The van der Waals surface area contributed by atoms with Crippen LogP contribution in [0.3, 0.4) is 0 Å². The number of aryl methyl sites for hydroxylation is 1. The molecule has 1 fully saturated rings. The van der Waals surface area contributed by atoms with E-state index in [-0.39, 0.29) is 24.1 Å². The molecule has 208 valence electrons. The van der Waals surface area contributed by atoms with E-state index in [1.165, 1.54) is 12.1 Å². The van der Waals surface area contributed by atoms with E-state index in [9.17, 15) is 18.7 Å². The lowest BCUT2D eigenvalue weighted by Gasteiger charge is -2.30. The highest BCUT2D eigenvalue weighted by atomic mass is 127. The Morgan fingerprint density at radius 1 is 1.26 bits per heavy atom. The molecule has 7 nitrogen and oxygen atoms in total. The van der Waals surface area contributed by atoms with Gasteiger partial charge in [-0.25, -0.2) is 4.39 Å². The number of rotatable bonds is 8. The van der Waals surface area contributed by atoms with E-state index in [1.54, 1.807) is 29.9 Å². The van der Waals surface area contributed by atoms with Crippen LogP contribution in [-0.2, 0) is 19.2 Å². The van der Waals surface area contributed by atoms with Gasteiger partial charge in [0.15, 0.2) is 5.82 Å². The third-order valence-electron chi connectivity index (χ3n) is 7.84. The number of carbonyl (C=O) groups excluding carboxylic acids is 1. The maximum absolute atomic E-state index is 15.4. The van der Waals surface area contributed by atoms with Crippen molar-refractivity contribution >= 4 is 51.2 Å². The van der Waals surface area contributed by atoms with Crippen molar-refractivity contribution in [2.45, 2.75) is 76.5 Å². The fourth-order valence-corrected chi connectivity index (χ4v) is 5.86. The molecule has 0 bridgehead atoms. The molecule has 1 aliphatic heterocycles. The van der Waals surface area contributed by atoms with Gasteiger partial charge in [0.2, 0.25) is 5.91 Å². The van der Waals surface area contributed by atoms with Gasteiger partial charge in [0.05, 0.1) is 29.3 Å². The number of anilines is 2. The molecule has 0 spiro atoms. The van der Waals surface area contributed by atoms with Gasteiger partial charge in [-0.05, 0) is 71.2 Å². The van der Waals surface area contributed by atoms with Crippen molar-refractivity contribution in [2.24, 2.45) is 0 Å². The first-order valence-electron chi connectivity index (χ1n) is 12.8. The molecule has 0 saturated heterocycles. The summed E-state index contributed by atoms with van der Waals surface area (Å²) in [5.74, 6) is -4.58. The molecule has 1 unspecified atom stereocenters. The second-order valence-electron chi connectivity index (χ2n) is 11.2. The summed E-state index contributed by atoms with van der Waals surface area (Å²) in [4.78, 5) is 15.4. The van der Waals surface area contributed by atoms with Crippen LogP contribution in [0.15, 0.2) is 30.3 Å². The molecule has 11 heteroatoms. The van der Waals surface area contributed by atoms with Crippen LogP contribution in [0, 0.1) is 12.7 Å². The Bertz CT molecular complexity index is 1470. The van der Waals surface area contributed by atoms with Gasteiger partial charge in [-0.1, -0.05) is 12.1 Å². The van der Waals surface area contributed by atoms with E-state index in [2.05, 4.69) is 15.5 Å². The molecule has 3 aromatic rings. The molecular weight excluding hydrogens is 624 g/mol. The zero-order chi connectivity index (χ0) is 28.5. The molecule has 1 amide bonds. The number of aromatic nitrogens is 2. The molecule has 2 aliphatic rings. The number of hydrogen-bond donors (Lipinski definition) is 2. The first-order chi connectivity index (χ1) is 18.2. The Hall–Kier alpha value is -2.51. The zero-order valence-corrected chi connectivity index (χ0v) is 24.4. The molecular formula is C28H30F3IN4O3. The van der Waals surface area contributed by atoms with Crippen LogP contribution in [0.1, 0.15) is 69.0 Å². The zero-order valence-electron chi connectivity index (χ0n) is 22.3. The Morgan fingerprint density at radius 2 is 1.95 bits per heavy atom. The number of fused-ring (bicyclic) bond motifs is 2. The van der Waals surface area contributed by atoms with Crippen molar-refractivity contribution in [3.05, 3.63) is 58.5 Å². The summed E-state index contributed by atoms with van der Waals surface area (Å²) >= 11 is 1.80. The minimum atomic E-state index is -3.81. The fourth-order valence-electron chi connectivity index (χ4n) is 5.24. The first-order valence-corrected chi connectivity index (χ1v) is 13.6. The predicted molar refractivity (Wildman–Crippen MR) is 151 cm³/mol. The Morgan fingerprint density at radius 3 is 2.56 bits per heavy atom. The van der Waals surface area contributed by atoms with Crippen LogP contribution in [0.4, 0.5) is 24.7 Å². The van der Waals surface area contributed by atoms with Gasteiger partial charge in [-0.15, -0.1) is 5.10 Å². The van der Waals surface area contributed by atoms with Crippen LogP contribution in [0.25, 0.3) is 10.8 Å². The molecule has 2 aromatic carbocycles. The molecule has 2 N–H and O–H groups in total. The van der Waals surface area contributed by atoms with Crippen LogP contribution in [0.5, 0.6) is 0 Å². The number of halogens is 4. The monoisotopic (exact) mass is 654 g/mol. The van der Waals surface area contributed by atoms with Crippen LogP contribution < -0.4 is 10.2 Å². The highest BCUT2D eigenvalue weighted by Gasteiger charge is 2.52. The van der Waals surface area contributed by atoms with E-state index >= 15 is 4.39 Å². The van der Waals surface area contributed by atoms with Crippen molar-refractivity contribution in [2.75, 3.05) is 16.8 Å². The molecule has 2 heterocycles. The van der Waals surface area contributed by atoms with Crippen molar-refractivity contribution < 1.29 is 26.1 Å². The number of alkyl halides is 2. The summed E-state index contributed by atoms with van der Waals surface area (Å²) in [6, 6.07) is 6.96. The summed E-state index contributed by atoms with van der Waals surface area (Å²) in [5.41, 5.74) is -1.90. The maximum atomic E-state index is 15.4. The summed E-state index contributed by atoms with van der Waals surface area (Å²) in [6.45, 7) is 7.45. The average molecular weight is 654 g/mol. The first kappa shape index (κ1) is 28.0. The number of amides is 1. The second kappa shape index (κ2) is 9.55. The SMILES string of the molecule is Cc1nnc(N[C@H](C)c2cccc(C(F)(F)C(C)(C)O)c2F)c2cc3c(cc12)C(C)(COI)C(=O)N3C1CC1. The van der Waals surface area contributed by atoms with Crippen molar-refractivity contribution in [3.63, 3.8) is 0 Å². The molecule has 1 aliphatic carbocycles. The summed E-state index contributed by atoms with van der Waals surface area (Å²) in [5, 5.41) is 23.2. The van der Waals surface area contributed by atoms with Gasteiger partial charge in [-0.2, -0.15) is 13.9 Å². The number of aliphatic hydroxyl groups is 1. The third kappa shape index (κ3) is 4.46. The van der Waals surface area contributed by atoms with Gasteiger partial charge >= 0.3 is 5.92 Å². The van der Waals surface area contributed by atoms with E-state index < -0.39 is 34.4 Å². The van der Waals surface area contributed by atoms with Crippen LogP contribution in [0.2, 0.25) is 0 Å². The fraction of sp³-hybridized carbons (Fsp3) is 0.464. The smallest absolute Gasteiger partial charge is 0.303 e. The molecule has 0 radical (unpaired) electrons. The highest BCUT2D eigenvalue weighted by molar-refractivity contribution is 14.1. The number of benzene rings is 2.